The van der Waals surface area contributed by atoms with E-state index in [0.29, 0.717) is 26.0 Å². The number of nitrogens with zero attached hydrogens (tertiary/aromatic N) is 1. The van der Waals surface area contributed by atoms with E-state index in [1.165, 1.54) is 4.90 Å². The number of benzene rings is 1. The van der Waals surface area contributed by atoms with Gasteiger partial charge in [-0.05, 0) is 47.0 Å². The van der Waals surface area contributed by atoms with Crippen molar-refractivity contribution in [2.24, 2.45) is 34.3 Å². The second kappa shape index (κ2) is 15.4. The van der Waals surface area contributed by atoms with Crippen molar-refractivity contribution in [2.75, 3.05) is 13.2 Å². The first kappa shape index (κ1) is 37.0. The second-order valence-corrected chi connectivity index (χ2v) is 15.5. The normalized spacial score (nSPS) is 20.5. The lowest BCUT2D eigenvalue weighted by Crippen LogP contribution is -2.62. The van der Waals surface area contributed by atoms with Gasteiger partial charge in [-0.25, -0.2) is 4.79 Å². The lowest BCUT2D eigenvalue weighted by molar-refractivity contribution is -0.144. The molecule has 3 rings (SSSR count). The minimum atomic E-state index is -1.09. The number of urea groups is 1. The zero-order valence-corrected chi connectivity index (χ0v) is 28.9. The van der Waals surface area contributed by atoms with E-state index in [9.17, 15) is 24.0 Å². The summed E-state index contributed by atoms with van der Waals surface area (Å²) in [6.45, 7) is 16.6. The van der Waals surface area contributed by atoms with Crippen LogP contribution in [0.3, 0.4) is 0 Å². The van der Waals surface area contributed by atoms with Crippen LogP contribution in [0.4, 0.5) is 4.79 Å². The number of rotatable bonds is 14. The molecule has 1 aromatic rings. The largest absolute Gasteiger partial charge is 0.375 e. The number of nitrogens with two attached hydrogens (primary N) is 1. The summed E-state index contributed by atoms with van der Waals surface area (Å²) < 4.78 is 5.96. The second-order valence-electron chi connectivity index (χ2n) is 15.5. The first-order chi connectivity index (χ1) is 21.4. The number of hydrogen-bond donors (Lipinski definition) is 4. The molecule has 0 aromatic heterocycles. The van der Waals surface area contributed by atoms with Crippen molar-refractivity contribution < 1.29 is 28.7 Å². The summed E-state index contributed by atoms with van der Waals surface area (Å²) in [5, 5.41) is 8.71. The number of nitrogens with one attached hydrogen (secondary N) is 3. The van der Waals surface area contributed by atoms with E-state index in [-0.39, 0.29) is 41.7 Å². The highest BCUT2D eigenvalue weighted by molar-refractivity contribution is 6.37. The minimum Gasteiger partial charge on any atom is -0.375 e. The topological polar surface area (TPSA) is 160 Å². The molecule has 0 radical (unpaired) electrons. The maximum atomic E-state index is 14.3. The van der Waals surface area contributed by atoms with Gasteiger partial charge in [0.1, 0.15) is 12.1 Å². The Labute approximate surface area is 274 Å². The average Bonchev–Trinajstić information content (AvgIpc) is 3.66. The molecular weight excluding hydrogens is 586 g/mol. The van der Waals surface area contributed by atoms with Crippen LogP contribution in [-0.4, -0.2) is 71.8 Å². The monoisotopic (exact) mass is 641 g/mol. The number of Topliss-reactive ketones (excluding diaryl/α,β-unsaturated/α-hetero) is 1. The van der Waals surface area contributed by atoms with E-state index in [4.69, 9.17) is 10.5 Å². The third-order valence-corrected chi connectivity index (χ3v) is 9.13. The van der Waals surface area contributed by atoms with Crippen molar-refractivity contribution in [3.63, 3.8) is 0 Å². The van der Waals surface area contributed by atoms with Crippen LogP contribution >= 0.6 is 0 Å². The fourth-order valence-corrected chi connectivity index (χ4v) is 5.97. The van der Waals surface area contributed by atoms with Gasteiger partial charge in [0.25, 0.3) is 5.91 Å². The van der Waals surface area contributed by atoms with Crippen LogP contribution in [-0.2, 0) is 30.5 Å². The van der Waals surface area contributed by atoms with Crippen molar-refractivity contribution in [2.45, 2.75) is 112 Å². The maximum absolute atomic E-state index is 14.3. The van der Waals surface area contributed by atoms with Crippen LogP contribution in [0.2, 0.25) is 0 Å². The summed E-state index contributed by atoms with van der Waals surface area (Å²) in [5.41, 5.74) is 5.30. The first-order valence-corrected chi connectivity index (χ1v) is 16.5. The average molecular weight is 642 g/mol. The van der Waals surface area contributed by atoms with E-state index < -0.39 is 47.2 Å². The molecule has 5 atom stereocenters. The van der Waals surface area contributed by atoms with Crippen LogP contribution in [0.15, 0.2) is 30.3 Å². The highest BCUT2D eigenvalue weighted by Gasteiger charge is 2.48. The number of primary amides is 1. The summed E-state index contributed by atoms with van der Waals surface area (Å²) in [6.07, 6.45) is 2.79. The van der Waals surface area contributed by atoms with Crippen molar-refractivity contribution in [1.29, 1.82) is 0 Å². The fraction of sp³-hybridized carbons (Fsp3) is 0.686. The molecule has 1 heterocycles. The molecule has 256 valence electrons. The van der Waals surface area contributed by atoms with Gasteiger partial charge < -0.3 is 31.3 Å². The van der Waals surface area contributed by atoms with Crippen LogP contribution in [0.25, 0.3) is 0 Å². The van der Waals surface area contributed by atoms with Crippen molar-refractivity contribution >= 4 is 29.5 Å². The predicted octanol–water partition coefficient (Wildman–Crippen LogP) is 3.54. The lowest BCUT2D eigenvalue weighted by Gasteiger charge is -2.38. The van der Waals surface area contributed by atoms with E-state index >= 15 is 0 Å². The van der Waals surface area contributed by atoms with E-state index in [1.807, 2.05) is 85.7 Å². The number of likely N-dealkylation sites (tertiary alicyclic amines) is 1. The molecule has 2 unspecified atom stereocenters. The number of ether oxygens (including phenoxy) is 1. The molecule has 1 aliphatic heterocycles. The Balaban J connectivity index is 1.76. The Morgan fingerprint density at radius 3 is 2.07 bits per heavy atom. The Morgan fingerprint density at radius 2 is 1.54 bits per heavy atom. The summed E-state index contributed by atoms with van der Waals surface area (Å²) in [7, 11) is 0. The van der Waals surface area contributed by atoms with E-state index in [0.717, 1.165) is 18.4 Å². The van der Waals surface area contributed by atoms with Crippen LogP contribution in [0.5, 0.6) is 0 Å². The van der Waals surface area contributed by atoms with Gasteiger partial charge in [0.05, 0.1) is 25.3 Å². The number of amides is 5. The van der Waals surface area contributed by atoms with Crippen LogP contribution in [0, 0.1) is 28.6 Å². The Bertz CT molecular complexity index is 1230. The molecule has 2 fully saturated rings. The summed E-state index contributed by atoms with van der Waals surface area (Å²) >= 11 is 0. The van der Waals surface area contributed by atoms with Gasteiger partial charge in [-0.1, -0.05) is 98.6 Å². The molecule has 11 heteroatoms. The Kier molecular flexibility index (Phi) is 12.4. The van der Waals surface area contributed by atoms with Crippen LogP contribution < -0.4 is 21.7 Å². The molecule has 0 spiro atoms. The third-order valence-electron chi connectivity index (χ3n) is 9.13. The summed E-state index contributed by atoms with van der Waals surface area (Å²) in [4.78, 5) is 67.5. The molecule has 1 aliphatic carbocycles. The molecule has 1 saturated heterocycles. The zero-order valence-electron chi connectivity index (χ0n) is 28.9. The highest BCUT2D eigenvalue weighted by Crippen LogP contribution is 2.35. The summed E-state index contributed by atoms with van der Waals surface area (Å²) in [5.74, 6) is -2.63. The molecule has 1 aromatic carbocycles. The Hall–Kier alpha value is -3.47. The van der Waals surface area contributed by atoms with Crippen molar-refractivity contribution in [1.82, 2.24) is 20.9 Å². The molecular formula is C35H55N5O6. The van der Waals surface area contributed by atoms with Gasteiger partial charge in [0.2, 0.25) is 17.6 Å². The zero-order chi connectivity index (χ0) is 34.4. The fourth-order valence-electron chi connectivity index (χ4n) is 5.97. The SMILES string of the molecule is CC(C)[C@H]1CCN(C(=O)[C@@H](NC(=O)N[C@H](COCc2ccccc2)C(C)(C)C)C(C)(C)C)C1C(=O)NC(CC1CC1)C(=O)C(N)=O. The third kappa shape index (κ3) is 10.3. The standard InChI is InChI=1S/C35H55N5O6/c1-21(2)24-16-17-40(27(24)31(43)37-25(18-22-14-15-22)28(41)30(36)42)32(44)29(35(6,7)8)39-33(45)38-26(34(3,4)5)20-46-19-23-12-10-9-11-13-23/h9-13,21-22,24-27,29H,14-20H2,1-8H3,(H2,36,42)(H,37,43)(H2,38,39,45)/t24-,25?,26-,27?,29-/m1/s1. The maximum Gasteiger partial charge on any atom is 0.315 e. The number of ketones is 1. The molecule has 1 saturated carbocycles. The minimum absolute atomic E-state index is 0.0649. The van der Waals surface area contributed by atoms with E-state index in [1.54, 1.807) is 0 Å². The first-order valence-electron chi connectivity index (χ1n) is 16.5. The highest BCUT2D eigenvalue weighted by atomic mass is 16.5. The molecule has 5 amide bonds. The number of hydrogen-bond acceptors (Lipinski definition) is 6. The van der Waals surface area contributed by atoms with Gasteiger partial charge in [-0.2, -0.15) is 0 Å². The van der Waals surface area contributed by atoms with E-state index in [2.05, 4.69) is 16.0 Å². The van der Waals surface area contributed by atoms with Crippen molar-refractivity contribution in [3.8, 4) is 0 Å². The number of carbonyl (C=O) groups excluding carboxylic acids is 5. The molecule has 5 N–H and O–H groups in total. The van der Waals surface area contributed by atoms with Gasteiger partial charge in [0.15, 0.2) is 0 Å². The van der Waals surface area contributed by atoms with Crippen LogP contribution in [0.1, 0.15) is 86.6 Å². The number of carbonyl (C=O) groups is 5. The summed E-state index contributed by atoms with van der Waals surface area (Å²) in [6, 6.07) is 6.09. The molecule has 0 bridgehead atoms. The Morgan fingerprint density at radius 1 is 0.913 bits per heavy atom. The quantitative estimate of drug-likeness (QED) is 0.227. The van der Waals surface area contributed by atoms with Gasteiger partial charge >= 0.3 is 6.03 Å². The molecule has 11 nitrogen and oxygen atoms in total. The smallest absolute Gasteiger partial charge is 0.315 e. The molecule has 46 heavy (non-hydrogen) atoms. The lowest BCUT2D eigenvalue weighted by atomic mass is 9.84. The van der Waals surface area contributed by atoms with Gasteiger partial charge in [-0.3, -0.25) is 19.2 Å². The van der Waals surface area contributed by atoms with Gasteiger partial charge in [-0.15, -0.1) is 0 Å². The van der Waals surface area contributed by atoms with Crippen molar-refractivity contribution in [3.05, 3.63) is 35.9 Å². The predicted molar refractivity (Wildman–Crippen MR) is 176 cm³/mol. The van der Waals surface area contributed by atoms with Gasteiger partial charge in [0, 0.05) is 6.54 Å². The molecule has 2 aliphatic rings.